The predicted molar refractivity (Wildman–Crippen MR) is 63.2 cm³/mol. The lowest BCUT2D eigenvalue weighted by molar-refractivity contribution is 0.0963. The van der Waals surface area contributed by atoms with E-state index < -0.39 is 0 Å². The second-order valence-corrected chi connectivity index (χ2v) is 3.44. The first kappa shape index (κ1) is 11.6. The molecule has 1 aromatic rings. The van der Waals surface area contributed by atoms with Crippen LogP contribution >= 0.6 is 0 Å². The zero-order valence-corrected chi connectivity index (χ0v) is 9.34. The number of anilines is 1. The normalized spacial score (nSPS) is 9.73. The first-order chi connectivity index (χ1) is 7.27. The fourth-order valence-corrected chi connectivity index (χ4v) is 1.29. The molecular weight excluding hydrogens is 188 g/mol. The van der Waals surface area contributed by atoms with Crippen LogP contribution in [0.3, 0.4) is 0 Å². The Morgan fingerprint density at radius 2 is 1.93 bits per heavy atom. The van der Waals surface area contributed by atoms with Crippen molar-refractivity contribution in [3.8, 4) is 0 Å². The molecule has 15 heavy (non-hydrogen) atoms. The van der Waals surface area contributed by atoms with Crippen molar-refractivity contribution >= 4 is 11.6 Å². The predicted octanol–water partition coefficient (Wildman–Crippen LogP) is 2.26. The van der Waals surface area contributed by atoms with Crippen molar-refractivity contribution in [2.45, 2.75) is 19.8 Å². The van der Waals surface area contributed by atoms with Crippen LogP contribution in [0.5, 0.6) is 0 Å². The maximum atomic E-state index is 11.3. The molecular formula is C12H18N2O. The summed E-state index contributed by atoms with van der Waals surface area (Å²) >= 11 is 0. The Hall–Kier alpha value is -1.51. The Labute approximate surface area is 90.9 Å². The molecule has 1 rings (SSSR count). The third-order valence-electron chi connectivity index (χ3n) is 2.23. The molecule has 1 amide bonds. The zero-order valence-electron chi connectivity index (χ0n) is 9.34. The summed E-state index contributed by atoms with van der Waals surface area (Å²) in [4.78, 5) is 11.3. The molecule has 3 nitrogen and oxygen atoms in total. The Morgan fingerprint density at radius 1 is 1.27 bits per heavy atom. The van der Waals surface area contributed by atoms with Gasteiger partial charge in [0.2, 0.25) is 0 Å². The minimum atomic E-state index is -0.0462. The number of amides is 1. The van der Waals surface area contributed by atoms with Crippen LogP contribution in [0.4, 0.5) is 5.69 Å². The van der Waals surface area contributed by atoms with E-state index in [1.54, 1.807) is 7.05 Å². The molecule has 0 spiro atoms. The van der Waals surface area contributed by atoms with Crippen molar-refractivity contribution in [3.05, 3.63) is 29.8 Å². The SMILES string of the molecule is CCCCNc1ccc(C(=O)NC)cc1. The quantitative estimate of drug-likeness (QED) is 0.725. The van der Waals surface area contributed by atoms with Crippen LogP contribution in [-0.4, -0.2) is 19.5 Å². The summed E-state index contributed by atoms with van der Waals surface area (Å²) in [6, 6.07) is 7.51. The molecule has 0 atom stereocenters. The summed E-state index contributed by atoms with van der Waals surface area (Å²) in [5.74, 6) is -0.0462. The summed E-state index contributed by atoms with van der Waals surface area (Å²) in [6.45, 7) is 3.15. The van der Waals surface area contributed by atoms with E-state index in [1.165, 1.54) is 6.42 Å². The van der Waals surface area contributed by atoms with Gasteiger partial charge in [0.15, 0.2) is 0 Å². The van der Waals surface area contributed by atoms with Crippen molar-refractivity contribution in [2.24, 2.45) is 0 Å². The molecule has 2 N–H and O–H groups in total. The Morgan fingerprint density at radius 3 is 2.47 bits per heavy atom. The molecule has 0 fully saturated rings. The molecule has 0 aliphatic rings. The number of hydrogen-bond donors (Lipinski definition) is 2. The van der Waals surface area contributed by atoms with Crippen LogP contribution in [0.25, 0.3) is 0 Å². The highest BCUT2D eigenvalue weighted by Gasteiger charge is 2.01. The van der Waals surface area contributed by atoms with E-state index in [0.29, 0.717) is 5.56 Å². The van der Waals surface area contributed by atoms with E-state index in [-0.39, 0.29) is 5.91 Å². The highest BCUT2D eigenvalue weighted by atomic mass is 16.1. The average Bonchev–Trinajstić information content (AvgIpc) is 2.29. The molecule has 0 bridgehead atoms. The third kappa shape index (κ3) is 3.62. The molecule has 0 radical (unpaired) electrons. The van der Waals surface area contributed by atoms with Crippen LogP contribution in [-0.2, 0) is 0 Å². The number of carbonyl (C=O) groups excluding carboxylic acids is 1. The summed E-state index contributed by atoms with van der Waals surface area (Å²) < 4.78 is 0. The summed E-state index contributed by atoms with van der Waals surface area (Å²) in [7, 11) is 1.63. The van der Waals surface area contributed by atoms with E-state index in [9.17, 15) is 4.79 Å². The van der Waals surface area contributed by atoms with Gasteiger partial charge in [0.1, 0.15) is 0 Å². The largest absolute Gasteiger partial charge is 0.385 e. The Balaban J connectivity index is 2.52. The standard InChI is InChI=1S/C12H18N2O/c1-3-4-9-14-11-7-5-10(6-8-11)12(15)13-2/h5-8,14H,3-4,9H2,1-2H3,(H,13,15). The summed E-state index contributed by atoms with van der Waals surface area (Å²) in [5.41, 5.74) is 1.76. The van der Waals surface area contributed by atoms with Gasteiger partial charge < -0.3 is 10.6 Å². The first-order valence-corrected chi connectivity index (χ1v) is 5.34. The van der Waals surface area contributed by atoms with Crippen LogP contribution in [0.1, 0.15) is 30.1 Å². The third-order valence-corrected chi connectivity index (χ3v) is 2.23. The number of unbranched alkanes of at least 4 members (excludes halogenated alkanes) is 1. The molecule has 3 heteroatoms. The smallest absolute Gasteiger partial charge is 0.251 e. The minimum absolute atomic E-state index is 0.0462. The topological polar surface area (TPSA) is 41.1 Å². The van der Waals surface area contributed by atoms with Gasteiger partial charge in [-0.05, 0) is 30.7 Å². The number of benzene rings is 1. The molecule has 0 aromatic heterocycles. The second-order valence-electron chi connectivity index (χ2n) is 3.44. The highest BCUT2D eigenvalue weighted by molar-refractivity contribution is 5.94. The van der Waals surface area contributed by atoms with Crippen LogP contribution < -0.4 is 10.6 Å². The molecule has 1 aromatic carbocycles. The Kier molecular flexibility index (Phi) is 4.68. The van der Waals surface area contributed by atoms with Crippen LogP contribution in [0, 0.1) is 0 Å². The van der Waals surface area contributed by atoms with Gasteiger partial charge in [0, 0.05) is 24.8 Å². The minimum Gasteiger partial charge on any atom is -0.385 e. The van der Waals surface area contributed by atoms with E-state index in [0.717, 1.165) is 18.7 Å². The molecule has 0 saturated heterocycles. The second kappa shape index (κ2) is 6.06. The van der Waals surface area contributed by atoms with Gasteiger partial charge >= 0.3 is 0 Å². The van der Waals surface area contributed by atoms with Gasteiger partial charge in [-0.1, -0.05) is 13.3 Å². The van der Waals surface area contributed by atoms with E-state index >= 15 is 0 Å². The van der Waals surface area contributed by atoms with E-state index in [1.807, 2.05) is 24.3 Å². The van der Waals surface area contributed by atoms with E-state index in [2.05, 4.69) is 17.6 Å². The zero-order chi connectivity index (χ0) is 11.1. The monoisotopic (exact) mass is 206 g/mol. The first-order valence-electron chi connectivity index (χ1n) is 5.34. The van der Waals surface area contributed by atoms with Gasteiger partial charge in [0.25, 0.3) is 5.91 Å². The van der Waals surface area contributed by atoms with Gasteiger partial charge in [-0.3, -0.25) is 4.79 Å². The lowest BCUT2D eigenvalue weighted by Gasteiger charge is -2.06. The number of carbonyl (C=O) groups is 1. The van der Waals surface area contributed by atoms with Gasteiger partial charge in [-0.15, -0.1) is 0 Å². The fraction of sp³-hybridized carbons (Fsp3) is 0.417. The van der Waals surface area contributed by atoms with Crippen molar-refractivity contribution in [1.29, 1.82) is 0 Å². The fourth-order valence-electron chi connectivity index (χ4n) is 1.29. The number of rotatable bonds is 5. The number of hydrogen-bond acceptors (Lipinski definition) is 2. The van der Waals surface area contributed by atoms with Crippen molar-refractivity contribution in [3.63, 3.8) is 0 Å². The molecule has 82 valence electrons. The average molecular weight is 206 g/mol. The maximum absolute atomic E-state index is 11.3. The number of nitrogens with one attached hydrogen (secondary N) is 2. The molecule has 0 unspecified atom stereocenters. The van der Waals surface area contributed by atoms with Gasteiger partial charge in [0.05, 0.1) is 0 Å². The highest BCUT2D eigenvalue weighted by Crippen LogP contribution is 2.09. The van der Waals surface area contributed by atoms with Gasteiger partial charge in [-0.25, -0.2) is 0 Å². The van der Waals surface area contributed by atoms with Crippen molar-refractivity contribution in [2.75, 3.05) is 18.9 Å². The van der Waals surface area contributed by atoms with E-state index in [4.69, 9.17) is 0 Å². The van der Waals surface area contributed by atoms with Crippen LogP contribution in [0.2, 0.25) is 0 Å². The molecule has 0 heterocycles. The lowest BCUT2D eigenvalue weighted by atomic mass is 10.2. The lowest BCUT2D eigenvalue weighted by Crippen LogP contribution is -2.17. The van der Waals surface area contributed by atoms with Crippen LogP contribution in [0.15, 0.2) is 24.3 Å². The molecule has 0 aliphatic heterocycles. The van der Waals surface area contributed by atoms with Crippen molar-refractivity contribution in [1.82, 2.24) is 5.32 Å². The maximum Gasteiger partial charge on any atom is 0.251 e. The molecule has 0 saturated carbocycles. The van der Waals surface area contributed by atoms with Crippen molar-refractivity contribution < 1.29 is 4.79 Å². The summed E-state index contributed by atoms with van der Waals surface area (Å²) in [6.07, 6.45) is 2.35. The Bertz CT molecular complexity index is 306. The van der Waals surface area contributed by atoms with Gasteiger partial charge in [-0.2, -0.15) is 0 Å². The summed E-state index contributed by atoms with van der Waals surface area (Å²) in [5, 5.41) is 5.89. The molecule has 0 aliphatic carbocycles.